The first kappa shape index (κ1) is 26.4. The van der Waals surface area contributed by atoms with Gasteiger partial charge in [-0.2, -0.15) is 5.10 Å². The molecule has 17 heteroatoms. The summed E-state index contributed by atoms with van der Waals surface area (Å²) in [6.45, 7) is 0. The third-order valence-electron chi connectivity index (χ3n) is 5.20. The Hall–Kier alpha value is -2.17. The molecule has 0 bridgehead atoms. The number of β-lactam (4-membered cyclic amide) rings is 1. The third-order valence-corrected chi connectivity index (χ3v) is 10.3. The van der Waals surface area contributed by atoms with Gasteiger partial charge in [0.1, 0.15) is 38.8 Å². The summed E-state index contributed by atoms with van der Waals surface area (Å²) in [5, 5.41) is 21.3. The standard InChI is InChI=1S/C20H15Cl2N7O4S4/c21-11-1-8(2-12(22)26-11)34-5-13(30)27-14-18(31)29-15(20(32)33)10(4-35-19(14)29)36-7-37-17-9-3-25-28-16(9)23-6-24-17/h1-3,6,14,19H,4-5,7H2,(H,27,30)(H,32,33)(H,23,24,25,28)/t14-,19-/m1/s1. The van der Waals surface area contributed by atoms with E-state index in [2.05, 4.69) is 30.5 Å². The van der Waals surface area contributed by atoms with Gasteiger partial charge < -0.3 is 10.4 Å². The highest BCUT2D eigenvalue weighted by atomic mass is 35.5. The molecule has 3 aromatic rings. The van der Waals surface area contributed by atoms with Crippen LogP contribution in [-0.4, -0.2) is 80.9 Å². The van der Waals surface area contributed by atoms with Crippen molar-refractivity contribution in [2.24, 2.45) is 0 Å². The Morgan fingerprint density at radius 1 is 1.22 bits per heavy atom. The number of halogens is 2. The van der Waals surface area contributed by atoms with E-state index in [0.717, 1.165) is 10.4 Å². The van der Waals surface area contributed by atoms with Crippen LogP contribution >= 0.6 is 70.2 Å². The molecule has 0 radical (unpaired) electrons. The van der Waals surface area contributed by atoms with E-state index in [4.69, 9.17) is 23.2 Å². The van der Waals surface area contributed by atoms with E-state index in [1.54, 1.807) is 18.3 Å². The van der Waals surface area contributed by atoms with Crippen LogP contribution in [0.15, 0.2) is 45.2 Å². The van der Waals surface area contributed by atoms with E-state index in [0.29, 0.717) is 26.3 Å². The minimum absolute atomic E-state index is 0.0325. The number of amides is 2. The largest absolute Gasteiger partial charge is 0.477 e. The van der Waals surface area contributed by atoms with Gasteiger partial charge in [0.25, 0.3) is 5.91 Å². The van der Waals surface area contributed by atoms with Crippen LogP contribution < -0.4 is 5.32 Å². The molecule has 0 saturated carbocycles. The van der Waals surface area contributed by atoms with Crippen molar-refractivity contribution in [2.75, 3.05) is 16.6 Å². The maximum atomic E-state index is 12.9. The van der Waals surface area contributed by atoms with Crippen molar-refractivity contribution >= 4 is 99.1 Å². The maximum Gasteiger partial charge on any atom is 0.353 e. The first-order valence-electron chi connectivity index (χ1n) is 10.4. The summed E-state index contributed by atoms with van der Waals surface area (Å²) in [6.07, 6.45) is 3.07. The summed E-state index contributed by atoms with van der Waals surface area (Å²) in [5.74, 6) is -1.56. The van der Waals surface area contributed by atoms with Crippen LogP contribution in [0.1, 0.15) is 0 Å². The summed E-state index contributed by atoms with van der Waals surface area (Å²) < 4.78 is 0. The lowest BCUT2D eigenvalue weighted by molar-refractivity contribution is -0.150. The molecule has 2 aliphatic rings. The number of hydrogen-bond acceptors (Lipinski definition) is 11. The first-order chi connectivity index (χ1) is 17.8. The molecule has 192 valence electrons. The van der Waals surface area contributed by atoms with Crippen LogP contribution in [0.3, 0.4) is 0 Å². The Bertz CT molecular complexity index is 1420. The lowest BCUT2D eigenvalue weighted by atomic mass is 10.1. The van der Waals surface area contributed by atoms with Crippen LogP contribution in [0.2, 0.25) is 10.3 Å². The normalized spacial score (nSPS) is 19.1. The molecule has 3 aromatic heterocycles. The second kappa shape index (κ2) is 11.3. The van der Waals surface area contributed by atoms with Crippen molar-refractivity contribution < 1.29 is 19.5 Å². The van der Waals surface area contributed by atoms with E-state index >= 15 is 0 Å². The number of hydrogen-bond donors (Lipinski definition) is 3. The Kier molecular flexibility index (Phi) is 8.07. The lowest BCUT2D eigenvalue weighted by Gasteiger charge is -2.49. The number of nitrogens with zero attached hydrogens (tertiary/aromatic N) is 5. The molecule has 1 fully saturated rings. The summed E-state index contributed by atoms with van der Waals surface area (Å²) in [5.41, 5.74) is 0.575. The van der Waals surface area contributed by atoms with E-state index in [9.17, 15) is 19.5 Å². The Labute approximate surface area is 236 Å². The van der Waals surface area contributed by atoms with Gasteiger partial charge >= 0.3 is 5.97 Å². The number of fused-ring (bicyclic) bond motifs is 2. The predicted octanol–water partition coefficient (Wildman–Crippen LogP) is 3.33. The zero-order chi connectivity index (χ0) is 26.1. The number of carbonyl (C=O) groups is 3. The second-order valence-corrected chi connectivity index (χ2v) is 12.8. The van der Waals surface area contributed by atoms with E-state index in [-0.39, 0.29) is 27.7 Å². The van der Waals surface area contributed by atoms with Gasteiger partial charge in [-0.05, 0) is 12.1 Å². The van der Waals surface area contributed by atoms with Gasteiger partial charge in [0, 0.05) is 20.6 Å². The molecule has 0 aromatic carbocycles. The van der Waals surface area contributed by atoms with E-state index in [1.807, 2.05) is 0 Å². The number of carbonyl (C=O) groups excluding carboxylic acids is 2. The number of rotatable bonds is 9. The van der Waals surface area contributed by atoms with Gasteiger partial charge in [-0.15, -0.1) is 35.3 Å². The van der Waals surface area contributed by atoms with Crippen LogP contribution in [0.25, 0.3) is 11.0 Å². The SMILES string of the molecule is O=C(CSc1cc(Cl)nc(Cl)c1)N[C@@H]1C(=O)N2C(C(=O)O)=C(SCSc3ncnc4[nH]ncc34)CS[C@H]12. The molecule has 2 amide bonds. The smallest absolute Gasteiger partial charge is 0.353 e. The fourth-order valence-corrected chi connectivity index (χ4v) is 8.70. The topological polar surface area (TPSA) is 154 Å². The monoisotopic (exact) mass is 615 g/mol. The highest BCUT2D eigenvalue weighted by Gasteiger charge is 2.54. The van der Waals surface area contributed by atoms with Crippen molar-refractivity contribution in [2.45, 2.75) is 21.3 Å². The van der Waals surface area contributed by atoms with Crippen LogP contribution in [0.4, 0.5) is 0 Å². The molecule has 2 aliphatic heterocycles. The molecular weight excluding hydrogens is 601 g/mol. The number of pyridine rings is 1. The third kappa shape index (κ3) is 5.66. The number of H-pyrrole nitrogens is 1. The first-order valence-corrected chi connectivity index (χ1v) is 15.1. The van der Waals surface area contributed by atoms with Gasteiger partial charge in [0.2, 0.25) is 5.91 Å². The molecule has 0 unspecified atom stereocenters. The molecule has 5 rings (SSSR count). The van der Waals surface area contributed by atoms with Crippen molar-refractivity contribution in [1.29, 1.82) is 0 Å². The second-order valence-electron chi connectivity index (χ2n) is 7.49. The quantitative estimate of drug-likeness (QED) is 0.106. The van der Waals surface area contributed by atoms with Gasteiger partial charge in [0.05, 0.1) is 17.3 Å². The number of carboxylic acid groups (broad SMARTS) is 1. The molecule has 3 N–H and O–H groups in total. The minimum atomic E-state index is -1.18. The fraction of sp³-hybridized carbons (Fsp3) is 0.250. The number of nitrogens with one attached hydrogen (secondary N) is 2. The Morgan fingerprint density at radius 3 is 2.76 bits per heavy atom. The maximum absolute atomic E-state index is 12.9. The predicted molar refractivity (Wildman–Crippen MR) is 145 cm³/mol. The number of aromatic nitrogens is 5. The molecule has 0 spiro atoms. The van der Waals surface area contributed by atoms with Crippen LogP contribution in [0, 0.1) is 0 Å². The van der Waals surface area contributed by atoms with Gasteiger partial charge in [-0.1, -0.05) is 35.0 Å². The van der Waals surface area contributed by atoms with Gasteiger partial charge in [-0.25, -0.2) is 19.7 Å². The molecule has 0 aliphatic carbocycles. The lowest BCUT2D eigenvalue weighted by Crippen LogP contribution is -2.70. The number of carboxylic acids is 1. The van der Waals surface area contributed by atoms with Gasteiger partial charge in [0.15, 0.2) is 5.65 Å². The number of thioether (sulfide) groups is 4. The van der Waals surface area contributed by atoms with Crippen molar-refractivity contribution in [3.8, 4) is 0 Å². The van der Waals surface area contributed by atoms with E-state index in [1.165, 1.54) is 58.3 Å². The van der Waals surface area contributed by atoms with Crippen molar-refractivity contribution in [1.82, 2.24) is 35.4 Å². The summed E-state index contributed by atoms with van der Waals surface area (Å²) in [7, 11) is 0. The van der Waals surface area contributed by atoms with Crippen LogP contribution in [-0.2, 0) is 14.4 Å². The molecule has 5 heterocycles. The summed E-state index contributed by atoms with van der Waals surface area (Å²) >= 11 is 17.2. The van der Waals surface area contributed by atoms with Crippen molar-refractivity contribution in [3.63, 3.8) is 0 Å². The molecule has 37 heavy (non-hydrogen) atoms. The number of aromatic amines is 1. The molecular formula is C20H15Cl2N7O4S4. The van der Waals surface area contributed by atoms with Crippen molar-refractivity contribution in [3.05, 3.63) is 45.6 Å². The highest BCUT2D eigenvalue weighted by Crippen LogP contribution is 2.44. The minimum Gasteiger partial charge on any atom is -0.477 e. The number of aliphatic carboxylic acids is 1. The fourth-order valence-electron chi connectivity index (χ4n) is 3.61. The summed E-state index contributed by atoms with van der Waals surface area (Å²) in [4.78, 5) is 52.2. The Balaban J connectivity index is 1.20. The molecule has 1 saturated heterocycles. The van der Waals surface area contributed by atoms with Gasteiger partial charge in [-0.3, -0.25) is 19.6 Å². The summed E-state index contributed by atoms with van der Waals surface area (Å²) in [6, 6.07) is 2.37. The van der Waals surface area contributed by atoms with Crippen LogP contribution in [0.5, 0.6) is 0 Å². The average Bonchev–Trinajstić information content (AvgIpc) is 3.35. The van der Waals surface area contributed by atoms with E-state index < -0.39 is 23.3 Å². The highest BCUT2D eigenvalue weighted by molar-refractivity contribution is 8.18. The Morgan fingerprint density at radius 2 is 2.00 bits per heavy atom. The average molecular weight is 617 g/mol. The zero-order valence-electron chi connectivity index (χ0n) is 18.4. The zero-order valence-corrected chi connectivity index (χ0v) is 23.2. The molecule has 2 atom stereocenters. The molecule has 11 nitrogen and oxygen atoms in total.